The fourth-order valence-electron chi connectivity index (χ4n) is 3.85. The van der Waals surface area contributed by atoms with Crippen LogP contribution in [0.2, 0.25) is 0 Å². The first kappa shape index (κ1) is 15.2. The maximum Gasteiger partial charge on any atom is 0.172 e. The van der Waals surface area contributed by atoms with E-state index in [2.05, 4.69) is 12.2 Å². The van der Waals surface area contributed by atoms with Crippen LogP contribution in [0.1, 0.15) is 45.4 Å². The number of hydrogen-bond acceptors (Lipinski definition) is 4. The van der Waals surface area contributed by atoms with Gasteiger partial charge >= 0.3 is 0 Å². The molecule has 0 radical (unpaired) electrons. The second kappa shape index (κ2) is 7.02. The Morgan fingerprint density at radius 1 is 1.26 bits per heavy atom. The average molecular weight is 271 g/mol. The Morgan fingerprint density at radius 2 is 1.95 bits per heavy atom. The van der Waals surface area contributed by atoms with E-state index < -0.39 is 0 Å². The van der Waals surface area contributed by atoms with Crippen LogP contribution in [0.5, 0.6) is 0 Å². The van der Waals surface area contributed by atoms with Gasteiger partial charge in [0.25, 0.3) is 0 Å². The van der Waals surface area contributed by atoms with E-state index in [1.54, 1.807) is 14.2 Å². The van der Waals surface area contributed by atoms with Crippen LogP contribution in [-0.2, 0) is 14.2 Å². The van der Waals surface area contributed by atoms with E-state index >= 15 is 0 Å². The molecule has 2 unspecified atom stereocenters. The van der Waals surface area contributed by atoms with Gasteiger partial charge in [-0.25, -0.2) is 0 Å². The molecule has 1 saturated heterocycles. The van der Waals surface area contributed by atoms with Gasteiger partial charge in [0.05, 0.1) is 11.6 Å². The fraction of sp³-hybridized carbons (Fsp3) is 1.00. The number of ether oxygens (including phenoxy) is 3. The Balaban J connectivity index is 2.03. The molecule has 2 atom stereocenters. The van der Waals surface area contributed by atoms with Gasteiger partial charge in [-0.15, -0.1) is 0 Å². The number of nitrogens with one attached hydrogen (secondary N) is 1. The van der Waals surface area contributed by atoms with Crippen molar-refractivity contribution in [2.45, 2.75) is 63.4 Å². The molecular formula is C15H29NO3. The molecule has 0 aromatic heterocycles. The largest absolute Gasteiger partial charge is 0.375 e. The van der Waals surface area contributed by atoms with Crippen LogP contribution in [0.3, 0.4) is 0 Å². The van der Waals surface area contributed by atoms with Gasteiger partial charge in [0.1, 0.15) is 0 Å². The maximum atomic E-state index is 6.12. The molecule has 0 bridgehead atoms. The number of rotatable bonds is 6. The molecule has 0 aromatic rings. The van der Waals surface area contributed by atoms with E-state index in [9.17, 15) is 0 Å². The van der Waals surface area contributed by atoms with Crippen molar-refractivity contribution in [2.24, 2.45) is 5.92 Å². The highest BCUT2D eigenvalue weighted by molar-refractivity contribution is 4.95. The van der Waals surface area contributed by atoms with E-state index in [4.69, 9.17) is 14.2 Å². The molecule has 4 nitrogen and oxygen atoms in total. The summed E-state index contributed by atoms with van der Waals surface area (Å²) in [5.41, 5.74) is 0.155. The Morgan fingerprint density at radius 3 is 2.53 bits per heavy atom. The van der Waals surface area contributed by atoms with Crippen molar-refractivity contribution in [3.63, 3.8) is 0 Å². The van der Waals surface area contributed by atoms with E-state index in [0.29, 0.717) is 5.92 Å². The summed E-state index contributed by atoms with van der Waals surface area (Å²) < 4.78 is 17.1. The molecule has 1 spiro atoms. The van der Waals surface area contributed by atoms with Crippen LogP contribution in [0.4, 0.5) is 0 Å². The lowest BCUT2D eigenvalue weighted by Gasteiger charge is -2.43. The first-order valence-electron chi connectivity index (χ1n) is 7.67. The molecule has 19 heavy (non-hydrogen) atoms. The maximum absolute atomic E-state index is 6.12. The van der Waals surface area contributed by atoms with Gasteiger partial charge < -0.3 is 19.5 Å². The van der Waals surface area contributed by atoms with Gasteiger partial charge in [-0.2, -0.15) is 0 Å². The molecular weight excluding hydrogens is 242 g/mol. The van der Waals surface area contributed by atoms with E-state index in [-0.39, 0.29) is 17.9 Å². The van der Waals surface area contributed by atoms with Crippen LogP contribution >= 0.6 is 0 Å². The minimum absolute atomic E-state index is 0.155. The lowest BCUT2D eigenvalue weighted by atomic mass is 9.80. The van der Waals surface area contributed by atoms with E-state index in [1.807, 2.05) is 0 Å². The molecule has 1 saturated carbocycles. The molecule has 1 aliphatic heterocycles. The molecule has 1 heterocycles. The average Bonchev–Trinajstić information content (AvgIpc) is 2.87. The molecule has 2 rings (SSSR count). The summed E-state index contributed by atoms with van der Waals surface area (Å²) in [6.45, 7) is 3.96. The highest BCUT2D eigenvalue weighted by Gasteiger charge is 2.43. The Labute approximate surface area is 117 Å². The molecule has 112 valence electrons. The second-order valence-electron chi connectivity index (χ2n) is 5.91. The predicted octanol–water partition coefficient (Wildman–Crippen LogP) is 2.32. The van der Waals surface area contributed by atoms with Crippen molar-refractivity contribution in [2.75, 3.05) is 27.4 Å². The zero-order valence-corrected chi connectivity index (χ0v) is 12.6. The molecule has 0 amide bonds. The zero-order valence-electron chi connectivity index (χ0n) is 12.6. The zero-order chi connectivity index (χ0) is 13.7. The third-order valence-electron chi connectivity index (χ3n) is 4.75. The molecule has 0 aromatic carbocycles. The highest BCUT2D eigenvalue weighted by atomic mass is 16.7. The van der Waals surface area contributed by atoms with Gasteiger partial charge in [0.15, 0.2) is 6.29 Å². The number of methoxy groups -OCH3 is 2. The molecule has 4 heteroatoms. The predicted molar refractivity (Wildman–Crippen MR) is 75.1 cm³/mol. The third-order valence-corrected chi connectivity index (χ3v) is 4.75. The Kier molecular flexibility index (Phi) is 5.63. The van der Waals surface area contributed by atoms with Crippen molar-refractivity contribution in [3.05, 3.63) is 0 Å². The van der Waals surface area contributed by atoms with Crippen LogP contribution in [0, 0.1) is 5.92 Å². The van der Waals surface area contributed by atoms with Gasteiger partial charge in [-0.3, -0.25) is 0 Å². The SMILES string of the molecule is CCNC(C1CCOC2(CCCC2)C1)C(OC)OC. The van der Waals surface area contributed by atoms with Crippen molar-refractivity contribution >= 4 is 0 Å². The first-order chi connectivity index (χ1) is 9.24. The molecule has 2 aliphatic rings. The van der Waals surface area contributed by atoms with Gasteiger partial charge in [-0.05, 0) is 38.1 Å². The highest BCUT2D eigenvalue weighted by Crippen LogP contribution is 2.43. The van der Waals surface area contributed by atoms with Crippen molar-refractivity contribution in [3.8, 4) is 0 Å². The molecule has 2 fully saturated rings. The summed E-state index contributed by atoms with van der Waals surface area (Å²) in [7, 11) is 3.45. The summed E-state index contributed by atoms with van der Waals surface area (Å²) in [4.78, 5) is 0. The van der Waals surface area contributed by atoms with Crippen LogP contribution < -0.4 is 5.32 Å². The van der Waals surface area contributed by atoms with Crippen LogP contribution in [0.25, 0.3) is 0 Å². The van der Waals surface area contributed by atoms with Crippen LogP contribution in [-0.4, -0.2) is 45.3 Å². The summed E-state index contributed by atoms with van der Waals surface area (Å²) in [6.07, 6.45) is 7.17. The summed E-state index contributed by atoms with van der Waals surface area (Å²) in [5.74, 6) is 0.580. The van der Waals surface area contributed by atoms with Gasteiger partial charge in [0, 0.05) is 20.8 Å². The Hall–Kier alpha value is -0.160. The smallest absolute Gasteiger partial charge is 0.172 e. The van der Waals surface area contributed by atoms with E-state index in [1.165, 1.54) is 25.7 Å². The van der Waals surface area contributed by atoms with Crippen molar-refractivity contribution in [1.82, 2.24) is 5.32 Å². The fourth-order valence-corrected chi connectivity index (χ4v) is 3.85. The quantitative estimate of drug-likeness (QED) is 0.753. The number of hydrogen-bond donors (Lipinski definition) is 1. The standard InChI is InChI=1S/C15H29NO3/c1-4-16-13(14(17-2)18-3)12-7-10-19-15(11-12)8-5-6-9-15/h12-14,16H,4-11H2,1-3H3. The first-order valence-corrected chi connectivity index (χ1v) is 7.67. The normalized spacial score (nSPS) is 28.1. The lowest BCUT2D eigenvalue weighted by Crippen LogP contribution is -2.52. The van der Waals surface area contributed by atoms with E-state index in [0.717, 1.165) is 26.0 Å². The van der Waals surface area contributed by atoms with Gasteiger partial charge in [0.2, 0.25) is 0 Å². The lowest BCUT2D eigenvalue weighted by molar-refractivity contribution is -0.157. The minimum atomic E-state index is -0.165. The van der Waals surface area contributed by atoms with Crippen LogP contribution in [0.15, 0.2) is 0 Å². The second-order valence-corrected chi connectivity index (χ2v) is 5.91. The van der Waals surface area contributed by atoms with Crippen molar-refractivity contribution < 1.29 is 14.2 Å². The van der Waals surface area contributed by atoms with Gasteiger partial charge in [-0.1, -0.05) is 19.8 Å². The monoisotopic (exact) mass is 271 g/mol. The van der Waals surface area contributed by atoms with Crippen molar-refractivity contribution in [1.29, 1.82) is 0 Å². The number of likely N-dealkylation sites (N-methyl/N-ethyl adjacent to an activating group) is 1. The third kappa shape index (κ3) is 3.48. The summed E-state index contributed by atoms with van der Waals surface area (Å²) in [5, 5.41) is 3.56. The minimum Gasteiger partial charge on any atom is -0.375 e. The summed E-state index contributed by atoms with van der Waals surface area (Å²) in [6, 6.07) is 0.265. The molecule has 1 N–H and O–H groups in total. The Bertz CT molecular complexity index is 262. The summed E-state index contributed by atoms with van der Waals surface area (Å²) >= 11 is 0. The topological polar surface area (TPSA) is 39.7 Å². The molecule has 1 aliphatic carbocycles.